The molecule has 2 fully saturated rings. The molecule has 2 aliphatic heterocycles. The Hall–Kier alpha value is -0.250. The lowest BCUT2D eigenvalue weighted by molar-refractivity contribution is 0.381. The largest absolute Gasteiger partial charge is 0.412 e. The van der Waals surface area contributed by atoms with Gasteiger partial charge in [-0.1, -0.05) is 0 Å². The monoisotopic (exact) mass is 204 g/mol. The topological polar surface area (TPSA) is 131 Å². The molecule has 0 aromatic rings. The molecular formula is C4H12O7S. The summed E-state index contributed by atoms with van der Waals surface area (Å²) in [6.07, 6.45) is 0. The van der Waals surface area contributed by atoms with Gasteiger partial charge in [0.1, 0.15) is 0 Å². The zero-order valence-corrected chi connectivity index (χ0v) is 7.08. The summed E-state index contributed by atoms with van der Waals surface area (Å²) in [7, 11) is -4.67. The molecule has 2 rings (SSSR count). The Morgan fingerprint density at radius 3 is 1.00 bits per heavy atom. The molecule has 0 atom stereocenters. The molecule has 0 unspecified atom stereocenters. The van der Waals surface area contributed by atoms with Crippen LogP contribution in [-0.4, -0.2) is 49.4 Å². The van der Waals surface area contributed by atoms with E-state index in [9.17, 15) is 0 Å². The average Bonchev–Trinajstić information content (AvgIpc) is 2.58. The minimum absolute atomic E-state index is 0. The highest BCUT2D eigenvalue weighted by Gasteiger charge is 1.94. The molecule has 76 valence electrons. The van der Waals surface area contributed by atoms with Crippen LogP contribution in [0, 0.1) is 0 Å². The number of hydrogen-bond acceptors (Lipinski definition) is 4. The normalized spacial score (nSPS) is 16.8. The number of ether oxygens (including phenoxy) is 2. The van der Waals surface area contributed by atoms with Crippen molar-refractivity contribution in [3.63, 3.8) is 0 Å². The fourth-order valence-corrected chi connectivity index (χ4v) is 0. The van der Waals surface area contributed by atoms with E-state index in [2.05, 4.69) is 9.47 Å². The van der Waals surface area contributed by atoms with Crippen molar-refractivity contribution in [2.45, 2.75) is 0 Å². The zero-order chi connectivity index (χ0) is 8.74. The SMILES string of the molecule is C1CO1.C1CO1.O.O=S(=O)(O)O. The lowest BCUT2D eigenvalue weighted by atomic mass is 11.0. The highest BCUT2D eigenvalue weighted by molar-refractivity contribution is 7.79. The second-order valence-corrected chi connectivity index (χ2v) is 2.57. The van der Waals surface area contributed by atoms with Crippen molar-refractivity contribution in [3.05, 3.63) is 0 Å². The molecule has 2 heterocycles. The standard InChI is InChI=1S/2C2H4O.H2O4S.H2O/c2*1-2-3-1;1-5(2,3)4;/h2*1-2H2;(H2,1,2,3,4);1H2. The van der Waals surface area contributed by atoms with Crippen LogP contribution < -0.4 is 0 Å². The predicted octanol–water partition coefficient (Wildman–Crippen LogP) is -1.44. The molecule has 4 N–H and O–H groups in total. The Balaban J connectivity index is 0. The quantitative estimate of drug-likeness (QED) is 0.366. The van der Waals surface area contributed by atoms with Crippen LogP contribution in [0.3, 0.4) is 0 Å². The van der Waals surface area contributed by atoms with Crippen LogP contribution >= 0.6 is 0 Å². The predicted molar refractivity (Wildman–Crippen MR) is 39.4 cm³/mol. The molecule has 0 radical (unpaired) electrons. The summed E-state index contributed by atoms with van der Waals surface area (Å²) in [4.78, 5) is 0. The van der Waals surface area contributed by atoms with Gasteiger partial charge in [-0.2, -0.15) is 8.42 Å². The van der Waals surface area contributed by atoms with Crippen molar-refractivity contribution in [3.8, 4) is 0 Å². The molecular weight excluding hydrogens is 192 g/mol. The first-order valence-corrected chi connectivity index (χ1v) is 4.25. The molecule has 0 aromatic carbocycles. The smallest absolute Gasteiger partial charge is 0.394 e. The summed E-state index contributed by atoms with van der Waals surface area (Å²) in [6, 6.07) is 0. The third kappa shape index (κ3) is 244. The van der Waals surface area contributed by atoms with E-state index in [1.54, 1.807) is 0 Å². The van der Waals surface area contributed by atoms with Gasteiger partial charge in [0.15, 0.2) is 0 Å². The van der Waals surface area contributed by atoms with E-state index in [1.807, 2.05) is 0 Å². The maximum Gasteiger partial charge on any atom is 0.394 e. The number of epoxide rings is 2. The second kappa shape index (κ2) is 7.40. The third-order valence-electron chi connectivity index (χ3n) is 0.408. The highest BCUT2D eigenvalue weighted by Crippen LogP contribution is 1.85. The Morgan fingerprint density at radius 2 is 1.00 bits per heavy atom. The Kier molecular flexibility index (Phi) is 8.81. The van der Waals surface area contributed by atoms with Crippen molar-refractivity contribution in [2.24, 2.45) is 0 Å². The van der Waals surface area contributed by atoms with E-state index in [4.69, 9.17) is 17.5 Å². The van der Waals surface area contributed by atoms with Gasteiger partial charge in [-0.05, 0) is 0 Å². The van der Waals surface area contributed by atoms with Gasteiger partial charge >= 0.3 is 10.4 Å². The summed E-state index contributed by atoms with van der Waals surface area (Å²) in [5.41, 5.74) is 0. The molecule has 2 aliphatic rings. The Bertz CT molecular complexity index is 150. The molecule has 8 heteroatoms. The molecule has 2 saturated heterocycles. The van der Waals surface area contributed by atoms with Crippen molar-refractivity contribution in [1.82, 2.24) is 0 Å². The van der Waals surface area contributed by atoms with Crippen LogP contribution in [0.2, 0.25) is 0 Å². The van der Waals surface area contributed by atoms with Crippen LogP contribution in [0.15, 0.2) is 0 Å². The van der Waals surface area contributed by atoms with Crippen LogP contribution in [0.1, 0.15) is 0 Å². The maximum atomic E-state index is 8.74. The zero-order valence-electron chi connectivity index (χ0n) is 6.26. The number of hydrogen-bond donors (Lipinski definition) is 2. The van der Waals surface area contributed by atoms with E-state index >= 15 is 0 Å². The summed E-state index contributed by atoms with van der Waals surface area (Å²) in [5.74, 6) is 0. The third-order valence-corrected chi connectivity index (χ3v) is 0.408. The minimum atomic E-state index is -4.67. The van der Waals surface area contributed by atoms with Crippen LogP contribution in [0.25, 0.3) is 0 Å². The van der Waals surface area contributed by atoms with Gasteiger partial charge < -0.3 is 14.9 Å². The highest BCUT2D eigenvalue weighted by atomic mass is 32.3. The van der Waals surface area contributed by atoms with Crippen molar-refractivity contribution < 1.29 is 32.5 Å². The molecule has 0 amide bonds. The van der Waals surface area contributed by atoms with E-state index in [-0.39, 0.29) is 5.48 Å². The van der Waals surface area contributed by atoms with E-state index in [0.717, 1.165) is 26.4 Å². The summed E-state index contributed by atoms with van der Waals surface area (Å²) in [5, 5.41) is 0. The second-order valence-electron chi connectivity index (χ2n) is 1.67. The maximum absolute atomic E-state index is 8.74. The van der Waals surface area contributed by atoms with Gasteiger partial charge in [0.25, 0.3) is 0 Å². The molecule has 0 aliphatic carbocycles. The fourth-order valence-electron chi connectivity index (χ4n) is 0. The van der Waals surface area contributed by atoms with Crippen LogP contribution in [-0.2, 0) is 19.9 Å². The lowest BCUT2D eigenvalue weighted by Gasteiger charge is -1.68. The van der Waals surface area contributed by atoms with E-state index in [0.29, 0.717) is 0 Å². The number of rotatable bonds is 0. The summed E-state index contributed by atoms with van der Waals surface area (Å²) >= 11 is 0. The lowest BCUT2D eigenvalue weighted by Crippen LogP contribution is -1.89. The molecule has 7 nitrogen and oxygen atoms in total. The molecule has 0 saturated carbocycles. The first-order valence-electron chi connectivity index (χ1n) is 2.85. The first kappa shape index (κ1) is 14.3. The fraction of sp³-hybridized carbons (Fsp3) is 1.00. The molecule has 0 bridgehead atoms. The Morgan fingerprint density at radius 1 is 0.917 bits per heavy atom. The van der Waals surface area contributed by atoms with Crippen molar-refractivity contribution in [1.29, 1.82) is 0 Å². The molecule has 12 heavy (non-hydrogen) atoms. The Labute approximate surface area is 70.2 Å². The van der Waals surface area contributed by atoms with Gasteiger partial charge in [-0.3, -0.25) is 9.11 Å². The minimum Gasteiger partial charge on any atom is -0.412 e. The molecule has 0 spiro atoms. The molecule has 0 aromatic heterocycles. The van der Waals surface area contributed by atoms with Gasteiger partial charge in [0.2, 0.25) is 0 Å². The van der Waals surface area contributed by atoms with Crippen LogP contribution in [0.5, 0.6) is 0 Å². The van der Waals surface area contributed by atoms with E-state index < -0.39 is 10.4 Å². The van der Waals surface area contributed by atoms with Gasteiger partial charge in [-0.25, -0.2) is 0 Å². The first-order chi connectivity index (χ1) is 5.00. The van der Waals surface area contributed by atoms with Crippen LogP contribution in [0.4, 0.5) is 0 Å². The van der Waals surface area contributed by atoms with Gasteiger partial charge in [-0.15, -0.1) is 0 Å². The van der Waals surface area contributed by atoms with Crippen molar-refractivity contribution >= 4 is 10.4 Å². The summed E-state index contributed by atoms with van der Waals surface area (Å²) < 4.78 is 40.6. The average molecular weight is 204 g/mol. The van der Waals surface area contributed by atoms with Gasteiger partial charge in [0.05, 0.1) is 26.4 Å². The van der Waals surface area contributed by atoms with Gasteiger partial charge in [0, 0.05) is 0 Å². The van der Waals surface area contributed by atoms with E-state index in [1.165, 1.54) is 0 Å². The summed E-state index contributed by atoms with van der Waals surface area (Å²) in [6.45, 7) is 4.00. The van der Waals surface area contributed by atoms with Crippen molar-refractivity contribution in [2.75, 3.05) is 26.4 Å².